The molecule has 0 saturated carbocycles. The molecule has 8 heteroatoms. The SMILES string of the molecule is COc1nc(I)cc(OC(F)(F)F)c1CF. The Kier molecular flexibility index (Phi) is 4.16. The molecule has 0 amide bonds. The third kappa shape index (κ3) is 3.35. The molecular formula is C8H6F4INO2. The highest BCUT2D eigenvalue weighted by Gasteiger charge is 2.33. The standard InChI is InChI=1S/C8H6F4INO2/c1-15-7-4(3-9)5(2-6(13)14-7)16-8(10,11)12/h2H,3H2,1H3. The van der Waals surface area contributed by atoms with E-state index in [-0.39, 0.29) is 15.1 Å². The summed E-state index contributed by atoms with van der Waals surface area (Å²) >= 11 is 1.68. The summed E-state index contributed by atoms with van der Waals surface area (Å²) in [5.41, 5.74) is -0.361. The maximum atomic E-state index is 12.6. The van der Waals surface area contributed by atoms with Gasteiger partial charge in [0.1, 0.15) is 16.1 Å². The Morgan fingerprint density at radius 2 is 2.06 bits per heavy atom. The van der Waals surface area contributed by atoms with Crippen molar-refractivity contribution in [3.05, 3.63) is 15.3 Å². The molecule has 0 fully saturated rings. The molecule has 1 heterocycles. The summed E-state index contributed by atoms with van der Waals surface area (Å²) < 4.78 is 57.2. The van der Waals surface area contributed by atoms with Crippen molar-refractivity contribution >= 4 is 22.6 Å². The molecule has 0 spiro atoms. The number of halogens is 5. The van der Waals surface area contributed by atoms with E-state index in [0.29, 0.717) is 0 Å². The number of ether oxygens (including phenoxy) is 2. The Bertz CT molecular complexity index is 383. The van der Waals surface area contributed by atoms with Crippen LogP contribution < -0.4 is 9.47 Å². The van der Waals surface area contributed by atoms with Crippen molar-refractivity contribution in [2.75, 3.05) is 7.11 Å². The molecule has 0 unspecified atom stereocenters. The van der Waals surface area contributed by atoms with Gasteiger partial charge in [-0.1, -0.05) is 0 Å². The largest absolute Gasteiger partial charge is 0.573 e. The fourth-order valence-corrected chi connectivity index (χ4v) is 1.51. The van der Waals surface area contributed by atoms with Gasteiger partial charge in [-0.2, -0.15) is 0 Å². The van der Waals surface area contributed by atoms with Gasteiger partial charge >= 0.3 is 6.36 Å². The van der Waals surface area contributed by atoms with Gasteiger partial charge in [0.2, 0.25) is 5.88 Å². The monoisotopic (exact) mass is 351 g/mol. The first-order valence-corrected chi connectivity index (χ1v) is 5.00. The second-order valence-electron chi connectivity index (χ2n) is 2.61. The predicted molar refractivity (Wildman–Crippen MR) is 55.0 cm³/mol. The van der Waals surface area contributed by atoms with E-state index in [2.05, 4.69) is 14.5 Å². The Balaban J connectivity index is 3.20. The number of aromatic nitrogens is 1. The van der Waals surface area contributed by atoms with E-state index in [9.17, 15) is 17.6 Å². The van der Waals surface area contributed by atoms with Crippen LogP contribution in [-0.4, -0.2) is 18.5 Å². The van der Waals surface area contributed by atoms with Crippen LogP contribution in [0.25, 0.3) is 0 Å². The number of hydrogen-bond acceptors (Lipinski definition) is 3. The zero-order chi connectivity index (χ0) is 12.3. The topological polar surface area (TPSA) is 31.4 Å². The molecule has 1 rings (SSSR count). The molecule has 90 valence electrons. The van der Waals surface area contributed by atoms with Crippen LogP contribution in [0.4, 0.5) is 17.6 Å². The zero-order valence-corrected chi connectivity index (χ0v) is 10.1. The molecule has 1 aromatic rings. The quantitative estimate of drug-likeness (QED) is 0.477. The average Bonchev–Trinajstić information content (AvgIpc) is 2.14. The average molecular weight is 351 g/mol. The Morgan fingerprint density at radius 1 is 1.44 bits per heavy atom. The molecule has 0 N–H and O–H groups in total. The first-order valence-electron chi connectivity index (χ1n) is 3.92. The van der Waals surface area contributed by atoms with Gasteiger partial charge in [-0.3, -0.25) is 0 Å². The summed E-state index contributed by atoms with van der Waals surface area (Å²) in [4.78, 5) is 3.73. The van der Waals surface area contributed by atoms with Crippen molar-refractivity contribution in [3.8, 4) is 11.6 Å². The van der Waals surface area contributed by atoms with Crippen molar-refractivity contribution in [1.29, 1.82) is 0 Å². The van der Waals surface area contributed by atoms with Gasteiger partial charge in [-0.05, 0) is 22.6 Å². The molecule has 0 atom stereocenters. The molecule has 1 aromatic heterocycles. The van der Waals surface area contributed by atoms with E-state index < -0.39 is 18.8 Å². The van der Waals surface area contributed by atoms with Crippen molar-refractivity contribution < 1.29 is 27.0 Å². The Hall–Kier alpha value is -0.800. The van der Waals surface area contributed by atoms with Gasteiger partial charge in [0.05, 0.1) is 12.7 Å². The van der Waals surface area contributed by atoms with E-state index in [1.807, 2.05) is 0 Å². The normalized spacial score (nSPS) is 11.4. The van der Waals surface area contributed by atoms with Crippen LogP contribution in [0.15, 0.2) is 6.07 Å². The predicted octanol–water partition coefficient (Wildman–Crippen LogP) is 3.06. The lowest BCUT2D eigenvalue weighted by atomic mass is 10.2. The minimum atomic E-state index is -4.88. The first kappa shape index (κ1) is 13.3. The summed E-state index contributed by atoms with van der Waals surface area (Å²) in [6, 6.07) is 0.992. The third-order valence-electron chi connectivity index (χ3n) is 1.57. The smallest absolute Gasteiger partial charge is 0.481 e. The van der Waals surface area contributed by atoms with E-state index >= 15 is 0 Å². The minimum absolute atomic E-state index is 0.214. The number of nitrogens with zero attached hydrogens (tertiary/aromatic N) is 1. The molecule has 0 aromatic carbocycles. The van der Waals surface area contributed by atoms with E-state index in [0.717, 1.165) is 6.07 Å². The van der Waals surface area contributed by atoms with Crippen LogP contribution in [0.2, 0.25) is 0 Å². The van der Waals surface area contributed by atoms with Crippen LogP contribution in [-0.2, 0) is 6.67 Å². The fourth-order valence-electron chi connectivity index (χ4n) is 1.01. The molecule has 3 nitrogen and oxygen atoms in total. The number of pyridine rings is 1. The second-order valence-corrected chi connectivity index (χ2v) is 3.72. The zero-order valence-electron chi connectivity index (χ0n) is 7.94. The van der Waals surface area contributed by atoms with Crippen molar-refractivity contribution in [1.82, 2.24) is 4.98 Å². The van der Waals surface area contributed by atoms with Crippen molar-refractivity contribution in [2.24, 2.45) is 0 Å². The lowest BCUT2D eigenvalue weighted by Gasteiger charge is -2.13. The summed E-state index contributed by atoms with van der Waals surface area (Å²) in [6.45, 7) is -1.15. The summed E-state index contributed by atoms with van der Waals surface area (Å²) in [7, 11) is 1.19. The molecule has 0 saturated heterocycles. The highest BCUT2D eigenvalue weighted by Crippen LogP contribution is 2.33. The Morgan fingerprint density at radius 3 is 2.50 bits per heavy atom. The maximum Gasteiger partial charge on any atom is 0.573 e. The van der Waals surface area contributed by atoms with Crippen LogP contribution >= 0.6 is 22.6 Å². The van der Waals surface area contributed by atoms with Gasteiger partial charge in [0.25, 0.3) is 0 Å². The summed E-state index contributed by atoms with van der Waals surface area (Å²) in [5.74, 6) is -0.847. The van der Waals surface area contributed by atoms with Crippen molar-refractivity contribution in [3.63, 3.8) is 0 Å². The molecule has 0 aliphatic rings. The number of hydrogen-bond donors (Lipinski definition) is 0. The number of rotatable bonds is 3. The third-order valence-corrected chi connectivity index (χ3v) is 2.12. The first-order chi connectivity index (χ1) is 7.37. The summed E-state index contributed by atoms with van der Waals surface area (Å²) in [6.07, 6.45) is -4.88. The molecule has 0 aliphatic heterocycles. The minimum Gasteiger partial charge on any atom is -0.481 e. The van der Waals surface area contributed by atoms with Gasteiger partial charge in [-0.25, -0.2) is 9.37 Å². The lowest BCUT2D eigenvalue weighted by molar-refractivity contribution is -0.275. The van der Waals surface area contributed by atoms with Gasteiger partial charge in [0.15, 0.2) is 0 Å². The summed E-state index contributed by atoms with van der Waals surface area (Å²) in [5, 5.41) is 0. The van der Waals surface area contributed by atoms with E-state index in [4.69, 9.17) is 0 Å². The van der Waals surface area contributed by atoms with Gasteiger partial charge in [0, 0.05) is 6.07 Å². The maximum absolute atomic E-state index is 12.6. The van der Waals surface area contributed by atoms with Crippen LogP contribution in [0.1, 0.15) is 5.56 Å². The van der Waals surface area contributed by atoms with Crippen LogP contribution in [0.5, 0.6) is 11.6 Å². The molecule has 0 bridgehead atoms. The van der Waals surface area contributed by atoms with E-state index in [1.165, 1.54) is 7.11 Å². The van der Waals surface area contributed by atoms with Crippen LogP contribution in [0, 0.1) is 3.70 Å². The fraction of sp³-hybridized carbons (Fsp3) is 0.375. The van der Waals surface area contributed by atoms with Crippen LogP contribution in [0.3, 0.4) is 0 Å². The number of methoxy groups -OCH3 is 1. The molecule has 16 heavy (non-hydrogen) atoms. The lowest BCUT2D eigenvalue weighted by Crippen LogP contribution is -2.18. The van der Waals surface area contributed by atoms with Crippen molar-refractivity contribution in [2.45, 2.75) is 13.0 Å². The van der Waals surface area contributed by atoms with Gasteiger partial charge in [-0.15, -0.1) is 13.2 Å². The molecule has 0 radical (unpaired) electrons. The highest BCUT2D eigenvalue weighted by molar-refractivity contribution is 14.1. The van der Waals surface area contributed by atoms with E-state index in [1.54, 1.807) is 22.6 Å². The second kappa shape index (κ2) is 5.02. The molecule has 0 aliphatic carbocycles. The Labute approximate surface area is 102 Å². The number of alkyl halides is 4. The highest BCUT2D eigenvalue weighted by atomic mass is 127. The van der Waals surface area contributed by atoms with Gasteiger partial charge < -0.3 is 9.47 Å². The molecular weight excluding hydrogens is 345 g/mol.